The third-order valence-corrected chi connectivity index (χ3v) is 2.68. The molecule has 6 nitrogen and oxygen atoms in total. The molecule has 0 bridgehead atoms. The molecule has 1 saturated carbocycles. The van der Waals surface area contributed by atoms with Crippen LogP contribution in [-0.4, -0.2) is 33.5 Å². The Balaban J connectivity index is 1.71. The van der Waals surface area contributed by atoms with Gasteiger partial charge < -0.3 is 10.6 Å². The molecule has 2 N–H and O–H groups in total. The molecule has 0 atom stereocenters. The van der Waals surface area contributed by atoms with Crippen LogP contribution in [0.2, 0.25) is 0 Å². The highest BCUT2D eigenvalue weighted by atomic mass is 16.1. The van der Waals surface area contributed by atoms with Crippen LogP contribution in [0.1, 0.15) is 31.9 Å². The van der Waals surface area contributed by atoms with Crippen LogP contribution in [-0.2, 0) is 17.9 Å². The van der Waals surface area contributed by atoms with Crippen LogP contribution in [0, 0.1) is 0 Å². The van der Waals surface area contributed by atoms with E-state index in [1.54, 1.807) is 4.68 Å². The molecule has 0 unspecified atom stereocenters. The van der Waals surface area contributed by atoms with Crippen molar-refractivity contribution in [1.29, 1.82) is 0 Å². The summed E-state index contributed by atoms with van der Waals surface area (Å²) < 4.78 is 1.72. The summed E-state index contributed by atoms with van der Waals surface area (Å²) in [6.07, 6.45) is 4.89. The SMILES string of the molecule is CCNC(=O)CCn1cc(CNC2CC2)nn1. The van der Waals surface area contributed by atoms with Crippen LogP contribution in [0.25, 0.3) is 0 Å². The fraction of sp³-hybridized carbons (Fsp3) is 0.727. The molecule has 1 heterocycles. The van der Waals surface area contributed by atoms with E-state index in [1.165, 1.54) is 12.8 Å². The molecular formula is C11H19N5O. The Morgan fingerprint density at radius 2 is 2.41 bits per heavy atom. The normalized spacial score (nSPS) is 14.9. The summed E-state index contributed by atoms with van der Waals surface area (Å²) in [6, 6.07) is 0.676. The van der Waals surface area contributed by atoms with Gasteiger partial charge in [0.25, 0.3) is 0 Å². The lowest BCUT2D eigenvalue weighted by Gasteiger charge is -2.01. The second-order valence-electron chi connectivity index (χ2n) is 4.33. The zero-order chi connectivity index (χ0) is 12.1. The molecule has 0 aliphatic heterocycles. The number of carbonyl (C=O) groups is 1. The second-order valence-corrected chi connectivity index (χ2v) is 4.33. The van der Waals surface area contributed by atoms with Crippen molar-refractivity contribution in [1.82, 2.24) is 25.6 Å². The maximum atomic E-state index is 11.3. The molecular weight excluding hydrogens is 218 g/mol. The van der Waals surface area contributed by atoms with Crippen LogP contribution >= 0.6 is 0 Å². The minimum atomic E-state index is 0.0562. The van der Waals surface area contributed by atoms with E-state index in [9.17, 15) is 4.79 Å². The molecule has 0 radical (unpaired) electrons. The summed E-state index contributed by atoms with van der Waals surface area (Å²) in [5, 5.41) is 14.2. The second kappa shape index (κ2) is 5.77. The van der Waals surface area contributed by atoms with Gasteiger partial charge in [-0.2, -0.15) is 0 Å². The smallest absolute Gasteiger partial charge is 0.221 e. The number of carbonyl (C=O) groups excluding carboxylic acids is 1. The number of aromatic nitrogens is 3. The van der Waals surface area contributed by atoms with Crippen LogP contribution in [0.4, 0.5) is 0 Å². The Morgan fingerprint density at radius 1 is 1.59 bits per heavy atom. The van der Waals surface area contributed by atoms with Gasteiger partial charge in [0, 0.05) is 31.7 Å². The van der Waals surface area contributed by atoms with Gasteiger partial charge >= 0.3 is 0 Å². The minimum absolute atomic E-state index is 0.0562. The summed E-state index contributed by atoms with van der Waals surface area (Å²) in [6.45, 7) is 3.94. The van der Waals surface area contributed by atoms with E-state index in [-0.39, 0.29) is 5.91 Å². The van der Waals surface area contributed by atoms with E-state index in [2.05, 4.69) is 20.9 Å². The van der Waals surface area contributed by atoms with Gasteiger partial charge in [0.15, 0.2) is 0 Å². The van der Waals surface area contributed by atoms with E-state index in [0.717, 1.165) is 12.2 Å². The highest BCUT2D eigenvalue weighted by Gasteiger charge is 2.20. The van der Waals surface area contributed by atoms with Gasteiger partial charge in [-0.15, -0.1) is 5.10 Å². The largest absolute Gasteiger partial charge is 0.356 e. The zero-order valence-corrected chi connectivity index (χ0v) is 10.1. The Hall–Kier alpha value is -1.43. The van der Waals surface area contributed by atoms with Gasteiger partial charge in [-0.3, -0.25) is 9.48 Å². The Bertz CT molecular complexity index is 372. The van der Waals surface area contributed by atoms with Crippen LogP contribution in [0.5, 0.6) is 0 Å². The number of rotatable bonds is 7. The standard InChI is InChI=1S/C11H19N5O/c1-2-12-11(17)5-6-16-8-10(14-15-16)7-13-9-3-4-9/h8-9,13H,2-7H2,1H3,(H,12,17). The molecule has 0 saturated heterocycles. The van der Waals surface area contributed by atoms with Gasteiger partial charge in [-0.05, 0) is 19.8 Å². The van der Waals surface area contributed by atoms with Crippen LogP contribution in [0.15, 0.2) is 6.20 Å². The Labute approximate surface area is 101 Å². The molecule has 94 valence electrons. The van der Waals surface area contributed by atoms with Gasteiger partial charge in [-0.25, -0.2) is 0 Å². The lowest BCUT2D eigenvalue weighted by molar-refractivity contribution is -0.121. The quantitative estimate of drug-likeness (QED) is 0.703. The first kappa shape index (κ1) is 12.0. The first-order valence-electron chi connectivity index (χ1n) is 6.17. The average molecular weight is 237 g/mol. The van der Waals surface area contributed by atoms with Gasteiger partial charge in [0.1, 0.15) is 0 Å². The van der Waals surface area contributed by atoms with Crippen molar-refractivity contribution < 1.29 is 4.79 Å². The van der Waals surface area contributed by atoms with Crippen molar-refractivity contribution in [3.63, 3.8) is 0 Å². The zero-order valence-electron chi connectivity index (χ0n) is 10.1. The van der Waals surface area contributed by atoms with E-state index in [1.807, 2.05) is 13.1 Å². The van der Waals surface area contributed by atoms with Crippen molar-refractivity contribution in [3.05, 3.63) is 11.9 Å². The maximum absolute atomic E-state index is 11.3. The summed E-state index contributed by atoms with van der Waals surface area (Å²) in [5.41, 5.74) is 0.938. The Morgan fingerprint density at radius 3 is 3.12 bits per heavy atom. The third kappa shape index (κ3) is 4.14. The lowest BCUT2D eigenvalue weighted by Crippen LogP contribution is -2.23. The van der Waals surface area contributed by atoms with Gasteiger partial charge in [-0.1, -0.05) is 5.21 Å². The van der Waals surface area contributed by atoms with Crippen molar-refractivity contribution in [2.24, 2.45) is 0 Å². The summed E-state index contributed by atoms with van der Waals surface area (Å²) >= 11 is 0. The lowest BCUT2D eigenvalue weighted by atomic mass is 10.4. The van der Waals surface area contributed by atoms with Crippen molar-refractivity contribution >= 4 is 5.91 Å². The first-order chi connectivity index (χ1) is 8.28. The molecule has 1 fully saturated rings. The number of hydrogen-bond donors (Lipinski definition) is 2. The topological polar surface area (TPSA) is 71.8 Å². The van der Waals surface area contributed by atoms with E-state index < -0.39 is 0 Å². The highest BCUT2D eigenvalue weighted by Crippen LogP contribution is 2.18. The maximum Gasteiger partial charge on any atom is 0.221 e. The molecule has 1 amide bonds. The third-order valence-electron chi connectivity index (χ3n) is 2.68. The molecule has 17 heavy (non-hydrogen) atoms. The minimum Gasteiger partial charge on any atom is -0.356 e. The van der Waals surface area contributed by atoms with Crippen molar-refractivity contribution in [2.45, 2.75) is 45.3 Å². The van der Waals surface area contributed by atoms with Crippen LogP contribution < -0.4 is 10.6 Å². The van der Waals surface area contributed by atoms with E-state index >= 15 is 0 Å². The van der Waals surface area contributed by atoms with Crippen molar-refractivity contribution in [2.75, 3.05) is 6.54 Å². The number of amides is 1. The van der Waals surface area contributed by atoms with E-state index in [0.29, 0.717) is 25.6 Å². The molecule has 1 aromatic rings. The monoisotopic (exact) mass is 237 g/mol. The molecule has 6 heteroatoms. The van der Waals surface area contributed by atoms with Gasteiger partial charge in [0.2, 0.25) is 5.91 Å². The molecule has 2 rings (SSSR count). The highest BCUT2D eigenvalue weighted by molar-refractivity contribution is 5.75. The molecule has 1 aliphatic carbocycles. The first-order valence-corrected chi connectivity index (χ1v) is 6.17. The summed E-state index contributed by atoms with van der Waals surface area (Å²) in [4.78, 5) is 11.3. The predicted molar refractivity (Wildman–Crippen MR) is 63.2 cm³/mol. The summed E-state index contributed by atoms with van der Waals surface area (Å²) in [7, 11) is 0. The molecule has 0 aromatic carbocycles. The van der Waals surface area contributed by atoms with Gasteiger partial charge in [0.05, 0.1) is 12.2 Å². The number of nitrogens with one attached hydrogen (secondary N) is 2. The summed E-state index contributed by atoms with van der Waals surface area (Å²) in [5.74, 6) is 0.0562. The van der Waals surface area contributed by atoms with E-state index in [4.69, 9.17) is 0 Å². The molecule has 1 aromatic heterocycles. The van der Waals surface area contributed by atoms with Crippen molar-refractivity contribution in [3.8, 4) is 0 Å². The fourth-order valence-electron chi connectivity index (χ4n) is 1.57. The fourth-order valence-corrected chi connectivity index (χ4v) is 1.57. The Kier molecular flexibility index (Phi) is 4.08. The number of nitrogens with zero attached hydrogens (tertiary/aromatic N) is 3. The molecule has 0 spiro atoms. The number of aryl methyl sites for hydroxylation is 1. The molecule has 1 aliphatic rings. The predicted octanol–water partition coefficient (Wildman–Crippen LogP) is 0.0563. The van der Waals surface area contributed by atoms with Crippen LogP contribution in [0.3, 0.4) is 0 Å². The number of hydrogen-bond acceptors (Lipinski definition) is 4. The average Bonchev–Trinajstić information content (AvgIpc) is 3.03.